The first-order chi connectivity index (χ1) is 6.70. The highest BCUT2D eigenvalue weighted by molar-refractivity contribution is 5.97. The van der Waals surface area contributed by atoms with Crippen molar-refractivity contribution < 1.29 is 4.79 Å². The number of hydrogen-bond acceptors (Lipinski definition) is 1. The predicted octanol–water partition coefficient (Wildman–Crippen LogP) is 2.93. The summed E-state index contributed by atoms with van der Waals surface area (Å²) in [6, 6.07) is 7.90. The van der Waals surface area contributed by atoms with Crippen molar-refractivity contribution >= 4 is 16.7 Å². The second-order valence-corrected chi connectivity index (χ2v) is 3.51. The van der Waals surface area contributed by atoms with Crippen LogP contribution in [0.25, 0.3) is 10.9 Å². The summed E-state index contributed by atoms with van der Waals surface area (Å²) in [4.78, 5) is 14.4. The lowest BCUT2D eigenvalue weighted by atomic mass is 10.1. The van der Waals surface area contributed by atoms with Gasteiger partial charge >= 0.3 is 0 Å². The number of rotatable bonds is 2. The largest absolute Gasteiger partial charge is 0.358 e. The number of carbonyl (C=O) groups is 1. The molecule has 0 unspecified atom stereocenters. The maximum Gasteiger partial charge on any atom is 0.159 e. The van der Waals surface area contributed by atoms with E-state index in [9.17, 15) is 4.79 Å². The fraction of sp³-hybridized carbons (Fsp3) is 0.250. The van der Waals surface area contributed by atoms with Crippen LogP contribution in [-0.4, -0.2) is 10.8 Å². The summed E-state index contributed by atoms with van der Waals surface area (Å²) >= 11 is 0. The third kappa shape index (κ3) is 1.43. The van der Waals surface area contributed by atoms with Gasteiger partial charge in [0.2, 0.25) is 0 Å². The number of aromatic nitrogens is 1. The molecule has 0 atom stereocenters. The van der Waals surface area contributed by atoms with Crippen LogP contribution in [0.3, 0.4) is 0 Å². The molecule has 0 radical (unpaired) electrons. The molecular formula is C12H13NO. The van der Waals surface area contributed by atoms with E-state index < -0.39 is 0 Å². The van der Waals surface area contributed by atoms with E-state index in [0.29, 0.717) is 0 Å². The first-order valence-electron chi connectivity index (χ1n) is 4.83. The fourth-order valence-electron chi connectivity index (χ4n) is 1.60. The molecule has 72 valence electrons. The Kier molecular flexibility index (Phi) is 2.12. The number of hydrogen-bond donors (Lipinski definition) is 1. The first kappa shape index (κ1) is 9.00. The smallest absolute Gasteiger partial charge is 0.159 e. The van der Waals surface area contributed by atoms with Crippen LogP contribution in [0.15, 0.2) is 24.3 Å². The van der Waals surface area contributed by atoms with Crippen LogP contribution in [0.4, 0.5) is 0 Å². The zero-order valence-electron chi connectivity index (χ0n) is 8.42. The van der Waals surface area contributed by atoms with Gasteiger partial charge in [-0.25, -0.2) is 0 Å². The molecule has 2 heteroatoms. The number of aryl methyl sites for hydroxylation is 1. The Morgan fingerprint density at radius 2 is 2.14 bits per heavy atom. The lowest BCUT2D eigenvalue weighted by molar-refractivity contribution is 0.101. The van der Waals surface area contributed by atoms with Crippen LogP contribution in [0, 0.1) is 0 Å². The Morgan fingerprint density at radius 3 is 2.79 bits per heavy atom. The minimum Gasteiger partial charge on any atom is -0.358 e. The minimum absolute atomic E-state index is 0.111. The van der Waals surface area contributed by atoms with Gasteiger partial charge in [-0.2, -0.15) is 0 Å². The van der Waals surface area contributed by atoms with Crippen molar-refractivity contribution in [1.29, 1.82) is 0 Å². The highest BCUT2D eigenvalue weighted by Gasteiger charge is 2.03. The van der Waals surface area contributed by atoms with Gasteiger partial charge in [0.25, 0.3) is 0 Å². The highest BCUT2D eigenvalue weighted by atomic mass is 16.1. The standard InChI is InChI=1S/C12H13NO/c1-3-11-6-10-5-4-9(8(2)14)7-12(10)13-11/h4-7,13H,3H2,1-2H3. The van der Waals surface area contributed by atoms with Crippen LogP contribution < -0.4 is 0 Å². The average molecular weight is 187 g/mol. The Labute approximate surface area is 82.9 Å². The van der Waals surface area contributed by atoms with E-state index in [1.165, 1.54) is 11.1 Å². The molecule has 2 aromatic rings. The topological polar surface area (TPSA) is 32.9 Å². The van der Waals surface area contributed by atoms with Gasteiger partial charge in [0.1, 0.15) is 0 Å². The molecular weight excluding hydrogens is 174 g/mol. The van der Waals surface area contributed by atoms with E-state index in [0.717, 1.165) is 17.5 Å². The zero-order valence-corrected chi connectivity index (χ0v) is 8.42. The van der Waals surface area contributed by atoms with Gasteiger partial charge in [0, 0.05) is 16.8 Å². The number of ketones is 1. The Hall–Kier alpha value is -1.57. The second-order valence-electron chi connectivity index (χ2n) is 3.51. The molecule has 0 bridgehead atoms. The zero-order chi connectivity index (χ0) is 10.1. The quantitative estimate of drug-likeness (QED) is 0.720. The number of nitrogens with one attached hydrogen (secondary N) is 1. The van der Waals surface area contributed by atoms with Crippen LogP contribution in [0.1, 0.15) is 29.9 Å². The van der Waals surface area contributed by atoms with E-state index in [1.54, 1.807) is 6.92 Å². The van der Waals surface area contributed by atoms with Crippen molar-refractivity contribution in [1.82, 2.24) is 4.98 Å². The van der Waals surface area contributed by atoms with E-state index in [1.807, 2.05) is 18.2 Å². The third-order valence-corrected chi connectivity index (χ3v) is 2.47. The van der Waals surface area contributed by atoms with Gasteiger partial charge in [-0.3, -0.25) is 4.79 Å². The normalized spacial score (nSPS) is 10.7. The van der Waals surface area contributed by atoms with Crippen molar-refractivity contribution in [2.24, 2.45) is 0 Å². The van der Waals surface area contributed by atoms with Crippen LogP contribution in [-0.2, 0) is 6.42 Å². The summed E-state index contributed by atoms with van der Waals surface area (Å²) in [6.07, 6.45) is 0.990. The van der Waals surface area contributed by atoms with Crippen LogP contribution in [0.5, 0.6) is 0 Å². The molecule has 1 heterocycles. The molecule has 0 fully saturated rings. The van der Waals surface area contributed by atoms with Gasteiger partial charge in [0.05, 0.1) is 0 Å². The summed E-state index contributed by atoms with van der Waals surface area (Å²) in [5, 5.41) is 1.17. The molecule has 0 aliphatic rings. The summed E-state index contributed by atoms with van der Waals surface area (Å²) in [5.41, 5.74) is 3.03. The summed E-state index contributed by atoms with van der Waals surface area (Å²) in [7, 11) is 0. The first-order valence-corrected chi connectivity index (χ1v) is 4.83. The van der Waals surface area contributed by atoms with E-state index in [-0.39, 0.29) is 5.78 Å². The van der Waals surface area contributed by atoms with Crippen molar-refractivity contribution in [3.63, 3.8) is 0 Å². The number of benzene rings is 1. The predicted molar refractivity (Wildman–Crippen MR) is 57.7 cm³/mol. The molecule has 2 nitrogen and oxygen atoms in total. The number of Topliss-reactive ketones (excluding diaryl/α,β-unsaturated/α-hetero) is 1. The summed E-state index contributed by atoms with van der Waals surface area (Å²) in [5.74, 6) is 0.111. The number of aromatic amines is 1. The van der Waals surface area contributed by atoms with Crippen LogP contribution in [0.2, 0.25) is 0 Å². The molecule has 1 aromatic carbocycles. The number of carbonyl (C=O) groups excluding carboxylic acids is 1. The van der Waals surface area contributed by atoms with E-state index in [4.69, 9.17) is 0 Å². The van der Waals surface area contributed by atoms with Gasteiger partial charge in [0.15, 0.2) is 5.78 Å². The monoisotopic (exact) mass is 187 g/mol. The molecule has 0 saturated heterocycles. The van der Waals surface area contributed by atoms with Crippen molar-refractivity contribution in [3.05, 3.63) is 35.5 Å². The molecule has 0 spiro atoms. The Morgan fingerprint density at radius 1 is 1.36 bits per heavy atom. The molecule has 1 N–H and O–H groups in total. The second kappa shape index (κ2) is 3.29. The maximum absolute atomic E-state index is 11.2. The van der Waals surface area contributed by atoms with Crippen LogP contribution >= 0.6 is 0 Å². The van der Waals surface area contributed by atoms with Gasteiger partial charge < -0.3 is 4.98 Å². The lowest BCUT2D eigenvalue weighted by Crippen LogP contribution is -1.90. The van der Waals surface area contributed by atoms with Gasteiger partial charge in [-0.1, -0.05) is 19.1 Å². The molecule has 0 amide bonds. The average Bonchev–Trinajstić information content (AvgIpc) is 2.58. The Bertz CT molecular complexity index is 482. The molecule has 0 saturated carbocycles. The van der Waals surface area contributed by atoms with Gasteiger partial charge in [-0.15, -0.1) is 0 Å². The number of H-pyrrole nitrogens is 1. The molecule has 0 aliphatic carbocycles. The molecule has 14 heavy (non-hydrogen) atoms. The SMILES string of the molecule is CCc1cc2ccc(C(C)=O)cc2[nH]1. The molecule has 0 aliphatic heterocycles. The van der Waals surface area contributed by atoms with Crippen molar-refractivity contribution in [3.8, 4) is 0 Å². The fourth-order valence-corrected chi connectivity index (χ4v) is 1.60. The van der Waals surface area contributed by atoms with Gasteiger partial charge in [-0.05, 0) is 30.9 Å². The van der Waals surface area contributed by atoms with Crippen molar-refractivity contribution in [2.45, 2.75) is 20.3 Å². The maximum atomic E-state index is 11.2. The van der Waals surface area contributed by atoms with E-state index in [2.05, 4.69) is 18.0 Å². The minimum atomic E-state index is 0.111. The molecule has 1 aromatic heterocycles. The van der Waals surface area contributed by atoms with E-state index >= 15 is 0 Å². The lowest BCUT2D eigenvalue weighted by Gasteiger charge is -1.94. The summed E-state index contributed by atoms with van der Waals surface area (Å²) in [6.45, 7) is 3.70. The highest BCUT2D eigenvalue weighted by Crippen LogP contribution is 2.17. The molecule has 2 rings (SSSR count). The number of fused-ring (bicyclic) bond motifs is 1. The van der Waals surface area contributed by atoms with Crippen molar-refractivity contribution in [2.75, 3.05) is 0 Å². The summed E-state index contributed by atoms with van der Waals surface area (Å²) < 4.78 is 0. The third-order valence-electron chi connectivity index (χ3n) is 2.47. The Balaban J connectivity index is 2.59.